The Kier molecular flexibility index (Phi) is 6.77. The van der Waals surface area contributed by atoms with Crippen molar-refractivity contribution < 1.29 is 28.2 Å². The summed E-state index contributed by atoms with van der Waals surface area (Å²) in [5, 5.41) is 0. The summed E-state index contributed by atoms with van der Waals surface area (Å²) in [7, 11) is 0. The molecule has 27 heavy (non-hydrogen) atoms. The minimum absolute atomic E-state index is 0.00955. The van der Waals surface area contributed by atoms with Gasteiger partial charge < -0.3 is 19.9 Å². The Morgan fingerprint density at radius 1 is 1.41 bits per heavy atom. The quantitative estimate of drug-likeness (QED) is 0.525. The van der Waals surface area contributed by atoms with Crippen molar-refractivity contribution in [1.82, 2.24) is 9.55 Å². The average Bonchev–Trinajstić information content (AvgIpc) is 2.92. The molecule has 0 radical (unpaired) electrons. The molecule has 1 fully saturated rings. The van der Waals surface area contributed by atoms with Gasteiger partial charge in [0, 0.05) is 19.0 Å². The number of hydrogen-bond donors (Lipinski definition) is 1. The van der Waals surface area contributed by atoms with E-state index in [1.54, 1.807) is 6.92 Å². The Morgan fingerprint density at radius 2 is 2.07 bits per heavy atom. The first-order chi connectivity index (χ1) is 12.8. The highest BCUT2D eigenvalue weighted by Gasteiger charge is 2.59. The minimum atomic E-state index is -1.96. The van der Waals surface area contributed by atoms with Gasteiger partial charge in [-0.05, 0) is 6.07 Å². The first-order valence-electron chi connectivity index (χ1n) is 8.35. The second kappa shape index (κ2) is 8.66. The van der Waals surface area contributed by atoms with Crippen LogP contribution in [0.3, 0.4) is 0 Å². The number of ether oxygens (including phenoxy) is 3. The van der Waals surface area contributed by atoms with Gasteiger partial charge in [-0.3, -0.25) is 14.2 Å². The zero-order valence-electron chi connectivity index (χ0n) is 14.9. The number of nitrogens with zero attached hydrogens (tertiary/aromatic N) is 2. The maximum absolute atomic E-state index is 15.2. The second-order valence-corrected chi connectivity index (χ2v) is 6.24. The van der Waals surface area contributed by atoms with Gasteiger partial charge >= 0.3 is 17.6 Å². The third-order valence-electron chi connectivity index (χ3n) is 4.10. The van der Waals surface area contributed by atoms with Gasteiger partial charge in [0.05, 0.1) is 5.88 Å². The van der Waals surface area contributed by atoms with Crippen molar-refractivity contribution in [1.29, 1.82) is 0 Å². The van der Waals surface area contributed by atoms with Crippen LogP contribution in [-0.4, -0.2) is 51.9 Å². The zero-order valence-corrected chi connectivity index (χ0v) is 15.6. The van der Waals surface area contributed by atoms with Gasteiger partial charge in [0.1, 0.15) is 12.4 Å². The number of carbonyl (C=O) groups excluding carboxylic acids is 2. The van der Waals surface area contributed by atoms with E-state index in [1.165, 1.54) is 19.2 Å². The highest BCUT2D eigenvalue weighted by Crippen LogP contribution is 2.41. The normalized spacial score (nSPS) is 27.3. The number of esters is 2. The van der Waals surface area contributed by atoms with E-state index in [4.69, 9.17) is 31.5 Å². The standard InChI is InChI=1S/C16H21ClFN3O6/c1-3-10(22)25-8-16(7-17)13(26-11(23)4-2)12(18)14(27-16)21-6-5-9(19)20-15(21)24/h5-6,12-14H,3-4,7-8H2,1-2H3,(H2,19,20,24)/t12-,13+,14-,16-/m1/s1. The molecule has 9 nitrogen and oxygen atoms in total. The van der Waals surface area contributed by atoms with Crippen LogP contribution < -0.4 is 11.4 Å². The lowest BCUT2D eigenvalue weighted by Gasteiger charge is -2.31. The van der Waals surface area contributed by atoms with E-state index in [-0.39, 0.29) is 24.5 Å². The van der Waals surface area contributed by atoms with Crippen LogP contribution in [0.5, 0.6) is 0 Å². The van der Waals surface area contributed by atoms with Gasteiger partial charge in [0.15, 0.2) is 24.1 Å². The minimum Gasteiger partial charge on any atom is -0.462 e. The molecular formula is C16H21ClFN3O6. The van der Waals surface area contributed by atoms with Crippen molar-refractivity contribution in [3.63, 3.8) is 0 Å². The van der Waals surface area contributed by atoms with Gasteiger partial charge in [0.25, 0.3) is 0 Å². The summed E-state index contributed by atoms with van der Waals surface area (Å²) in [4.78, 5) is 38.9. The molecule has 0 aromatic carbocycles. The van der Waals surface area contributed by atoms with Gasteiger partial charge in [-0.1, -0.05) is 13.8 Å². The lowest BCUT2D eigenvalue weighted by Crippen LogP contribution is -2.50. The highest BCUT2D eigenvalue weighted by atomic mass is 35.5. The molecule has 2 rings (SSSR count). The number of rotatable bonds is 7. The number of nitrogen functional groups attached to an aromatic ring is 1. The zero-order chi connectivity index (χ0) is 20.2. The van der Waals surface area contributed by atoms with Crippen LogP contribution in [0.1, 0.15) is 32.9 Å². The third-order valence-corrected chi connectivity index (χ3v) is 4.55. The topological polar surface area (TPSA) is 123 Å². The lowest BCUT2D eigenvalue weighted by molar-refractivity contribution is -0.173. The second-order valence-electron chi connectivity index (χ2n) is 5.97. The molecule has 1 aliphatic heterocycles. The molecular weight excluding hydrogens is 385 g/mol. The van der Waals surface area contributed by atoms with Crippen LogP contribution in [0.2, 0.25) is 0 Å². The number of carbonyl (C=O) groups is 2. The number of halogens is 2. The Morgan fingerprint density at radius 3 is 2.63 bits per heavy atom. The summed E-state index contributed by atoms with van der Waals surface area (Å²) in [6, 6.07) is 1.29. The molecule has 1 aromatic rings. The van der Waals surface area contributed by atoms with E-state index in [0.29, 0.717) is 0 Å². The summed E-state index contributed by atoms with van der Waals surface area (Å²) in [5.41, 5.74) is 2.93. The fourth-order valence-corrected chi connectivity index (χ4v) is 2.90. The van der Waals surface area contributed by atoms with Crippen LogP contribution in [0.15, 0.2) is 17.1 Å². The van der Waals surface area contributed by atoms with Gasteiger partial charge in [-0.25, -0.2) is 9.18 Å². The molecule has 0 saturated carbocycles. The van der Waals surface area contributed by atoms with Crippen molar-refractivity contribution >= 4 is 29.4 Å². The Bertz CT molecular complexity index is 760. The van der Waals surface area contributed by atoms with E-state index in [1.807, 2.05) is 0 Å². The molecule has 2 heterocycles. The van der Waals surface area contributed by atoms with Crippen molar-refractivity contribution in [3.8, 4) is 0 Å². The van der Waals surface area contributed by atoms with E-state index in [2.05, 4.69) is 4.98 Å². The molecule has 1 aliphatic rings. The lowest BCUT2D eigenvalue weighted by atomic mass is 9.98. The number of hydrogen-bond acceptors (Lipinski definition) is 8. The first-order valence-corrected chi connectivity index (χ1v) is 8.89. The third kappa shape index (κ3) is 4.38. The molecule has 0 unspecified atom stereocenters. The van der Waals surface area contributed by atoms with Crippen molar-refractivity contribution in [2.45, 2.75) is 50.8 Å². The Balaban J connectivity index is 2.40. The number of alkyl halides is 2. The fraction of sp³-hybridized carbons (Fsp3) is 0.625. The molecule has 0 amide bonds. The van der Waals surface area contributed by atoms with Crippen LogP contribution in [0.25, 0.3) is 0 Å². The molecule has 11 heteroatoms. The monoisotopic (exact) mass is 405 g/mol. The molecule has 1 saturated heterocycles. The first kappa shape index (κ1) is 21.1. The predicted molar refractivity (Wildman–Crippen MR) is 92.8 cm³/mol. The molecule has 150 valence electrons. The van der Waals surface area contributed by atoms with E-state index < -0.39 is 48.3 Å². The van der Waals surface area contributed by atoms with Gasteiger partial charge in [-0.15, -0.1) is 11.6 Å². The summed E-state index contributed by atoms with van der Waals surface area (Å²) >= 11 is 6.00. The number of nitrogens with two attached hydrogens (primary N) is 1. The van der Waals surface area contributed by atoms with Crippen LogP contribution in [-0.2, 0) is 23.8 Å². The van der Waals surface area contributed by atoms with Crippen LogP contribution in [0.4, 0.5) is 10.2 Å². The maximum Gasteiger partial charge on any atom is 0.351 e. The average molecular weight is 406 g/mol. The summed E-state index contributed by atoms with van der Waals surface area (Å²) in [6.07, 6.45) is -3.64. The highest BCUT2D eigenvalue weighted by molar-refractivity contribution is 6.18. The van der Waals surface area contributed by atoms with Crippen molar-refractivity contribution in [3.05, 3.63) is 22.7 Å². The molecule has 4 atom stereocenters. The maximum atomic E-state index is 15.2. The number of aromatic nitrogens is 2. The van der Waals surface area contributed by atoms with Crippen LogP contribution >= 0.6 is 11.6 Å². The molecule has 0 spiro atoms. The molecule has 0 bridgehead atoms. The predicted octanol–water partition coefficient (Wildman–Crippen LogP) is 0.945. The summed E-state index contributed by atoms with van der Waals surface area (Å²) in [6.45, 7) is 2.68. The molecule has 0 aliphatic carbocycles. The molecule has 1 aromatic heterocycles. The van der Waals surface area contributed by atoms with E-state index in [9.17, 15) is 14.4 Å². The Hall–Kier alpha value is -2.20. The molecule has 2 N–H and O–H groups in total. The van der Waals surface area contributed by atoms with E-state index in [0.717, 1.165) is 4.57 Å². The fourth-order valence-electron chi connectivity index (χ4n) is 2.61. The van der Waals surface area contributed by atoms with Crippen molar-refractivity contribution in [2.24, 2.45) is 0 Å². The van der Waals surface area contributed by atoms with Crippen LogP contribution in [0, 0.1) is 0 Å². The van der Waals surface area contributed by atoms with Gasteiger partial charge in [0.2, 0.25) is 0 Å². The summed E-state index contributed by atoms with van der Waals surface area (Å²) in [5.74, 6) is -1.64. The SMILES string of the molecule is CCC(=O)OC[C@@]1(CCl)O[C@@H](n2ccc(N)nc2=O)[C@H](F)[C@@H]1OC(=O)CC. The van der Waals surface area contributed by atoms with E-state index >= 15 is 4.39 Å². The smallest absolute Gasteiger partial charge is 0.351 e. The summed E-state index contributed by atoms with van der Waals surface area (Å²) < 4.78 is 32.0. The largest absolute Gasteiger partial charge is 0.462 e. The van der Waals surface area contributed by atoms with Gasteiger partial charge in [-0.2, -0.15) is 4.98 Å². The Labute approximate surface area is 159 Å². The van der Waals surface area contributed by atoms with Crippen molar-refractivity contribution in [2.75, 3.05) is 18.2 Å². The number of anilines is 1.